The number of carbonyl (C=O) groups is 2. The van der Waals surface area contributed by atoms with Crippen molar-refractivity contribution in [2.45, 2.75) is 6.92 Å². The SMILES string of the molecule is CC(=O)c1cccc(NC(=O)c2cc(Cl)c3c(c2)OCCO3)c1. The maximum atomic E-state index is 12.4. The number of rotatable bonds is 3. The van der Waals surface area contributed by atoms with E-state index >= 15 is 0 Å². The average Bonchev–Trinajstić information content (AvgIpc) is 2.55. The van der Waals surface area contributed by atoms with E-state index in [4.69, 9.17) is 21.1 Å². The molecule has 2 aromatic carbocycles. The summed E-state index contributed by atoms with van der Waals surface area (Å²) < 4.78 is 10.9. The van der Waals surface area contributed by atoms with Gasteiger partial charge in [-0.3, -0.25) is 9.59 Å². The van der Waals surface area contributed by atoms with E-state index in [-0.39, 0.29) is 11.7 Å². The third-order valence-corrected chi connectivity index (χ3v) is 3.67. The molecule has 0 bridgehead atoms. The Hall–Kier alpha value is -2.53. The molecule has 0 saturated heterocycles. The lowest BCUT2D eigenvalue weighted by atomic mass is 10.1. The first-order chi connectivity index (χ1) is 11.0. The second kappa shape index (κ2) is 6.30. The molecule has 1 heterocycles. The summed E-state index contributed by atoms with van der Waals surface area (Å²) in [6.07, 6.45) is 0. The number of nitrogens with one attached hydrogen (secondary N) is 1. The Kier molecular flexibility index (Phi) is 4.21. The van der Waals surface area contributed by atoms with Crippen LogP contribution < -0.4 is 14.8 Å². The molecule has 1 N–H and O–H groups in total. The molecule has 0 radical (unpaired) electrons. The molecule has 2 aromatic rings. The minimum Gasteiger partial charge on any atom is -0.486 e. The third-order valence-electron chi connectivity index (χ3n) is 3.39. The van der Waals surface area contributed by atoms with Crippen LogP contribution in [-0.2, 0) is 0 Å². The van der Waals surface area contributed by atoms with Gasteiger partial charge < -0.3 is 14.8 Å². The summed E-state index contributed by atoms with van der Waals surface area (Å²) in [7, 11) is 0. The highest BCUT2D eigenvalue weighted by Gasteiger charge is 2.19. The van der Waals surface area contributed by atoms with Crippen molar-refractivity contribution in [2.75, 3.05) is 18.5 Å². The molecule has 5 nitrogen and oxygen atoms in total. The standard InChI is InChI=1S/C17H14ClNO4/c1-10(20)11-3-2-4-13(7-11)19-17(21)12-8-14(18)16-15(9-12)22-5-6-23-16/h2-4,7-9H,5-6H2,1H3,(H,19,21). The van der Waals surface area contributed by atoms with E-state index in [0.29, 0.717) is 46.5 Å². The Morgan fingerprint density at radius 1 is 1.09 bits per heavy atom. The highest BCUT2D eigenvalue weighted by molar-refractivity contribution is 6.32. The van der Waals surface area contributed by atoms with E-state index in [1.54, 1.807) is 30.3 Å². The number of Topliss-reactive ketones (excluding diaryl/α,β-unsaturated/α-hetero) is 1. The van der Waals surface area contributed by atoms with E-state index in [1.807, 2.05) is 0 Å². The number of benzene rings is 2. The van der Waals surface area contributed by atoms with Gasteiger partial charge >= 0.3 is 0 Å². The first-order valence-corrected chi connectivity index (χ1v) is 7.44. The van der Waals surface area contributed by atoms with Gasteiger partial charge in [0, 0.05) is 16.8 Å². The van der Waals surface area contributed by atoms with Crippen LogP contribution >= 0.6 is 11.6 Å². The van der Waals surface area contributed by atoms with Crippen molar-refractivity contribution in [3.63, 3.8) is 0 Å². The molecular weight excluding hydrogens is 318 g/mol. The zero-order valence-electron chi connectivity index (χ0n) is 12.4. The van der Waals surface area contributed by atoms with Gasteiger partial charge in [-0.1, -0.05) is 23.7 Å². The predicted molar refractivity (Wildman–Crippen MR) is 86.8 cm³/mol. The molecule has 23 heavy (non-hydrogen) atoms. The Bertz CT molecular complexity index is 788. The number of fused-ring (bicyclic) bond motifs is 1. The zero-order chi connectivity index (χ0) is 16.4. The maximum Gasteiger partial charge on any atom is 0.255 e. The Labute approximate surface area is 138 Å². The van der Waals surface area contributed by atoms with Gasteiger partial charge in [-0.2, -0.15) is 0 Å². The number of hydrogen-bond acceptors (Lipinski definition) is 4. The van der Waals surface area contributed by atoms with Crippen molar-refractivity contribution in [1.29, 1.82) is 0 Å². The smallest absolute Gasteiger partial charge is 0.255 e. The minimum absolute atomic E-state index is 0.0662. The number of ketones is 1. The first-order valence-electron chi connectivity index (χ1n) is 7.06. The lowest BCUT2D eigenvalue weighted by Crippen LogP contribution is -2.17. The zero-order valence-corrected chi connectivity index (χ0v) is 13.1. The third kappa shape index (κ3) is 3.29. The summed E-state index contributed by atoms with van der Waals surface area (Å²) in [4.78, 5) is 23.8. The van der Waals surface area contributed by atoms with E-state index in [1.165, 1.54) is 13.0 Å². The fourth-order valence-corrected chi connectivity index (χ4v) is 2.53. The number of hydrogen-bond donors (Lipinski definition) is 1. The summed E-state index contributed by atoms with van der Waals surface area (Å²) in [5.41, 5.74) is 1.42. The number of ether oxygens (including phenoxy) is 2. The molecule has 3 rings (SSSR count). The summed E-state index contributed by atoms with van der Waals surface area (Å²) in [6.45, 7) is 2.31. The van der Waals surface area contributed by atoms with Crippen LogP contribution in [0, 0.1) is 0 Å². The molecule has 0 aromatic heterocycles. The molecule has 1 aliphatic rings. The van der Waals surface area contributed by atoms with Crippen molar-refractivity contribution in [3.05, 3.63) is 52.5 Å². The van der Waals surface area contributed by atoms with Crippen molar-refractivity contribution in [1.82, 2.24) is 0 Å². The van der Waals surface area contributed by atoms with Gasteiger partial charge in [-0.15, -0.1) is 0 Å². The van der Waals surface area contributed by atoms with Gasteiger partial charge in [0.1, 0.15) is 13.2 Å². The van der Waals surface area contributed by atoms with Crippen LogP contribution in [0.15, 0.2) is 36.4 Å². The van der Waals surface area contributed by atoms with E-state index in [0.717, 1.165) is 0 Å². The first kappa shape index (κ1) is 15.4. The highest BCUT2D eigenvalue weighted by atomic mass is 35.5. The number of anilines is 1. The predicted octanol–water partition coefficient (Wildman–Crippen LogP) is 3.57. The Balaban J connectivity index is 1.85. The van der Waals surface area contributed by atoms with Gasteiger partial charge in [-0.25, -0.2) is 0 Å². The number of carbonyl (C=O) groups excluding carboxylic acids is 2. The fourth-order valence-electron chi connectivity index (χ4n) is 2.26. The number of halogens is 1. The molecular formula is C17H14ClNO4. The molecule has 0 unspecified atom stereocenters. The molecule has 6 heteroatoms. The van der Waals surface area contributed by atoms with E-state index in [2.05, 4.69) is 5.32 Å². The monoisotopic (exact) mass is 331 g/mol. The second-order valence-electron chi connectivity index (χ2n) is 5.07. The topological polar surface area (TPSA) is 64.6 Å². The minimum atomic E-state index is -0.343. The largest absolute Gasteiger partial charge is 0.486 e. The van der Waals surface area contributed by atoms with Crippen LogP contribution in [0.1, 0.15) is 27.6 Å². The Morgan fingerprint density at radius 3 is 2.65 bits per heavy atom. The Morgan fingerprint density at radius 2 is 1.87 bits per heavy atom. The van der Waals surface area contributed by atoms with Crippen molar-refractivity contribution < 1.29 is 19.1 Å². The molecule has 0 atom stereocenters. The molecule has 1 aliphatic heterocycles. The van der Waals surface area contributed by atoms with Crippen LogP contribution in [0.4, 0.5) is 5.69 Å². The van der Waals surface area contributed by atoms with Crippen molar-refractivity contribution in [2.24, 2.45) is 0 Å². The quantitative estimate of drug-likeness (QED) is 0.873. The van der Waals surface area contributed by atoms with Gasteiger partial charge in [0.25, 0.3) is 5.91 Å². The van der Waals surface area contributed by atoms with Gasteiger partial charge in [0.05, 0.1) is 5.02 Å². The lowest BCUT2D eigenvalue weighted by molar-refractivity contribution is 0.101. The lowest BCUT2D eigenvalue weighted by Gasteiger charge is -2.20. The van der Waals surface area contributed by atoms with Crippen LogP contribution in [0.5, 0.6) is 11.5 Å². The molecule has 0 saturated carbocycles. The van der Waals surface area contributed by atoms with Gasteiger partial charge in [0.2, 0.25) is 0 Å². The van der Waals surface area contributed by atoms with Crippen LogP contribution in [-0.4, -0.2) is 24.9 Å². The maximum absolute atomic E-state index is 12.4. The highest BCUT2D eigenvalue weighted by Crippen LogP contribution is 2.38. The average molecular weight is 332 g/mol. The molecule has 118 valence electrons. The van der Waals surface area contributed by atoms with Gasteiger partial charge in [-0.05, 0) is 31.2 Å². The fraction of sp³-hybridized carbons (Fsp3) is 0.176. The number of amides is 1. The molecule has 0 aliphatic carbocycles. The summed E-state index contributed by atoms with van der Waals surface area (Å²) in [5, 5.41) is 3.07. The van der Waals surface area contributed by atoms with E-state index in [9.17, 15) is 9.59 Å². The molecule has 1 amide bonds. The normalized spacial score (nSPS) is 12.6. The molecule has 0 fully saturated rings. The van der Waals surface area contributed by atoms with E-state index < -0.39 is 0 Å². The summed E-state index contributed by atoms with van der Waals surface area (Å²) in [6, 6.07) is 9.86. The van der Waals surface area contributed by atoms with Crippen molar-refractivity contribution >= 4 is 29.0 Å². The molecule has 0 spiro atoms. The van der Waals surface area contributed by atoms with Gasteiger partial charge in [0.15, 0.2) is 17.3 Å². The summed E-state index contributed by atoms with van der Waals surface area (Å²) >= 11 is 6.13. The second-order valence-corrected chi connectivity index (χ2v) is 5.48. The summed E-state index contributed by atoms with van der Waals surface area (Å²) in [5.74, 6) is 0.493. The van der Waals surface area contributed by atoms with Crippen LogP contribution in [0.2, 0.25) is 5.02 Å². The van der Waals surface area contributed by atoms with Crippen LogP contribution in [0.3, 0.4) is 0 Å². The van der Waals surface area contributed by atoms with Crippen LogP contribution in [0.25, 0.3) is 0 Å². The van der Waals surface area contributed by atoms with Crippen molar-refractivity contribution in [3.8, 4) is 11.5 Å².